The maximum Gasteiger partial charge on any atom is 0.119 e. The second-order valence-electron chi connectivity index (χ2n) is 4.35. The summed E-state index contributed by atoms with van der Waals surface area (Å²) in [6.45, 7) is 2.74. The fourth-order valence-corrected chi connectivity index (χ4v) is 1.95. The molecule has 0 aliphatic carbocycles. The first kappa shape index (κ1) is 12.7. The van der Waals surface area contributed by atoms with E-state index in [2.05, 4.69) is 18.3 Å². The van der Waals surface area contributed by atoms with Crippen molar-refractivity contribution in [3.05, 3.63) is 54.0 Å². The Balaban J connectivity index is 1.84. The number of furan rings is 1. The lowest BCUT2D eigenvalue weighted by molar-refractivity contribution is 0.289. The molecule has 3 heteroatoms. The summed E-state index contributed by atoms with van der Waals surface area (Å²) in [6, 6.07) is 10.4. The van der Waals surface area contributed by atoms with Crippen LogP contribution in [0.4, 0.5) is 0 Å². The first-order valence-electron chi connectivity index (χ1n) is 6.18. The fraction of sp³-hybridized carbons (Fsp3) is 0.333. The van der Waals surface area contributed by atoms with Crippen molar-refractivity contribution in [3.63, 3.8) is 0 Å². The van der Waals surface area contributed by atoms with E-state index in [9.17, 15) is 0 Å². The Labute approximate surface area is 108 Å². The van der Waals surface area contributed by atoms with Crippen LogP contribution in [0.15, 0.2) is 47.3 Å². The highest BCUT2D eigenvalue weighted by molar-refractivity contribution is 5.27. The number of rotatable bonds is 6. The van der Waals surface area contributed by atoms with E-state index >= 15 is 0 Å². The summed E-state index contributed by atoms with van der Waals surface area (Å²) in [4.78, 5) is 0. The number of hydrogen-bond donors (Lipinski definition) is 1. The van der Waals surface area contributed by atoms with Gasteiger partial charge in [0.25, 0.3) is 0 Å². The Kier molecular flexibility index (Phi) is 4.42. The zero-order valence-electron chi connectivity index (χ0n) is 10.8. The molecule has 1 unspecified atom stereocenters. The zero-order chi connectivity index (χ0) is 12.8. The molecule has 1 N–H and O–H groups in total. The summed E-state index contributed by atoms with van der Waals surface area (Å²) in [5.74, 6) is 0.928. The summed E-state index contributed by atoms with van der Waals surface area (Å²) in [6.07, 6.45) is 4.37. The maximum atomic E-state index is 5.75. The smallest absolute Gasteiger partial charge is 0.119 e. The van der Waals surface area contributed by atoms with Gasteiger partial charge >= 0.3 is 0 Å². The molecular weight excluding hydrogens is 226 g/mol. The highest BCUT2D eigenvalue weighted by Gasteiger charge is 2.10. The van der Waals surface area contributed by atoms with Gasteiger partial charge in [-0.05, 0) is 37.7 Å². The van der Waals surface area contributed by atoms with E-state index in [1.54, 1.807) is 12.5 Å². The molecule has 0 saturated carbocycles. The lowest BCUT2D eigenvalue weighted by Crippen LogP contribution is -2.18. The standard InChI is InChI=1S/C15H19NO2/c1-12-4-3-5-14(10-12)18-9-7-15(16-2)13-6-8-17-11-13/h3-6,8,10-11,15-16H,7,9H2,1-2H3. The third kappa shape index (κ3) is 3.37. The number of benzene rings is 1. The fourth-order valence-electron chi connectivity index (χ4n) is 1.95. The van der Waals surface area contributed by atoms with Gasteiger partial charge in [0, 0.05) is 18.0 Å². The van der Waals surface area contributed by atoms with Gasteiger partial charge in [0.2, 0.25) is 0 Å². The van der Waals surface area contributed by atoms with Crippen LogP contribution in [0.3, 0.4) is 0 Å². The van der Waals surface area contributed by atoms with E-state index in [1.165, 1.54) is 5.56 Å². The topological polar surface area (TPSA) is 34.4 Å². The van der Waals surface area contributed by atoms with Crippen molar-refractivity contribution in [3.8, 4) is 5.75 Å². The minimum Gasteiger partial charge on any atom is -0.494 e. The quantitative estimate of drug-likeness (QED) is 0.847. The van der Waals surface area contributed by atoms with Crippen molar-refractivity contribution in [1.29, 1.82) is 0 Å². The van der Waals surface area contributed by atoms with Crippen LogP contribution in [0.5, 0.6) is 5.75 Å². The molecule has 1 atom stereocenters. The lowest BCUT2D eigenvalue weighted by Gasteiger charge is -2.15. The second-order valence-corrected chi connectivity index (χ2v) is 4.35. The Morgan fingerprint density at radius 1 is 1.33 bits per heavy atom. The van der Waals surface area contributed by atoms with Crippen LogP contribution in [0, 0.1) is 6.92 Å². The van der Waals surface area contributed by atoms with Crippen LogP contribution in [0.1, 0.15) is 23.6 Å². The van der Waals surface area contributed by atoms with Crippen molar-refractivity contribution in [1.82, 2.24) is 5.32 Å². The van der Waals surface area contributed by atoms with Crippen molar-refractivity contribution in [2.45, 2.75) is 19.4 Å². The molecule has 0 bridgehead atoms. The predicted molar refractivity (Wildman–Crippen MR) is 71.8 cm³/mol. The normalized spacial score (nSPS) is 12.3. The molecule has 3 nitrogen and oxygen atoms in total. The Hall–Kier alpha value is -1.74. The molecule has 96 valence electrons. The molecule has 0 aliphatic rings. The first-order valence-corrected chi connectivity index (χ1v) is 6.18. The van der Waals surface area contributed by atoms with Gasteiger partial charge in [-0.1, -0.05) is 12.1 Å². The van der Waals surface area contributed by atoms with Crippen LogP contribution in [-0.2, 0) is 0 Å². The predicted octanol–water partition coefficient (Wildman–Crippen LogP) is 3.32. The van der Waals surface area contributed by atoms with Crippen molar-refractivity contribution >= 4 is 0 Å². The molecule has 0 amide bonds. The summed E-state index contributed by atoms with van der Waals surface area (Å²) >= 11 is 0. The van der Waals surface area contributed by atoms with Gasteiger partial charge in [0.15, 0.2) is 0 Å². The first-order chi connectivity index (χ1) is 8.79. The van der Waals surface area contributed by atoms with Gasteiger partial charge in [-0.25, -0.2) is 0 Å². The van der Waals surface area contributed by atoms with E-state index in [0.717, 1.165) is 17.7 Å². The van der Waals surface area contributed by atoms with Gasteiger partial charge < -0.3 is 14.5 Å². The molecule has 2 rings (SSSR count). The number of aryl methyl sites for hydroxylation is 1. The average Bonchev–Trinajstić information content (AvgIpc) is 2.88. The molecular formula is C15H19NO2. The molecule has 18 heavy (non-hydrogen) atoms. The third-order valence-electron chi connectivity index (χ3n) is 2.96. The van der Waals surface area contributed by atoms with E-state index in [4.69, 9.17) is 9.15 Å². The maximum absolute atomic E-state index is 5.75. The van der Waals surface area contributed by atoms with Crippen LogP contribution in [0.2, 0.25) is 0 Å². The SMILES string of the molecule is CNC(CCOc1cccc(C)c1)c1ccoc1. The van der Waals surface area contributed by atoms with E-state index < -0.39 is 0 Å². The Morgan fingerprint density at radius 2 is 2.22 bits per heavy atom. The van der Waals surface area contributed by atoms with Crippen LogP contribution >= 0.6 is 0 Å². The van der Waals surface area contributed by atoms with Crippen molar-refractivity contribution < 1.29 is 9.15 Å². The zero-order valence-corrected chi connectivity index (χ0v) is 10.8. The van der Waals surface area contributed by atoms with Crippen LogP contribution in [0.25, 0.3) is 0 Å². The Bertz CT molecular complexity index is 465. The lowest BCUT2D eigenvalue weighted by atomic mass is 10.1. The second kappa shape index (κ2) is 6.26. The molecule has 0 saturated heterocycles. The number of nitrogens with one attached hydrogen (secondary N) is 1. The minimum absolute atomic E-state index is 0.272. The van der Waals surface area contributed by atoms with Gasteiger partial charge in [-0.2, -0.15) is 0 Å². The molecule has 1 aromatic carbocycles. The summed E-state index contributed by atoms with van der Waals surface area (Å²) in [5.41, 5.74) is 2.37. The molecule has 0 aliphatic heterocycles. The number of hydrogen-bond acceptors (Lipinski definition) is 3. The molecule has 1 aromatic heterocycles. The van der Waals surface area contributed by atoms with Gasteiger partial charge in [0.05, 0.1) is 19.1 Å². The van der Waals surface area contributed by atoms with Crippen LogP contribution < -0.4 is 10.1 Å². The summed E-state index contributed by atoms with van der Waals surface area (Å²) < 4.78 is 10.8. The van der Waals surface area contributed by atoms with Gasteiger partial charge in [-0.15, -0.1) is 0 Å². The van der Waals surface area contributed by atoms with Gasteiger partial charge in [-0.3, -0.25) is 0 Å². The van der Waals surface area contributed by atoms with E-state index in [1.807, 2.05) is 31.3 Å². The highest BCUT2D eigenvalue weighted by atomic mass is 16.5. The Morgan fingerprint density at radius 3 is 2.89 bits per heavy atom. The molecule has 0 spiro atoms. The van der Waals surface area contributed by atoms with Gasteiger partial charge in [0.1, 0.15) is 5.75 Å². The summed E-state index contributed by atoms with van der Waals surface area (Å²) in [5, 5.41) is 3.26. The molecule has 1 heterocycles. The monoisotopic (exact) mass is 245 g/mol. The van der Waals surface area contributed by atoms with E-state index in [0.29, 0.717) is 6.61 Å². The largest absolute Gasteiger partial charge is 0.494 e. The molecule has 2 aromatic rings. The molecule has 0 radical (unpaired) electrons. The van der Waals surface area contributed by atoms with E-state index in [-0.39, 0.29) is 6.04 Å². The van der Waals surface area contributed by atoms with Crippen molar-refractivity contribution in [2.75, 3.05) is 13.7 Å². The summed E-state index contributed by atoms with van der Waals surface area (Å²) in [7, 11) is 1.95. The molecule has 0 fully saturated rings. The van der Waals surface area contributed by atoms with Crippen molar-refractivity contribution in [2.24, 2.45) is 0 Å². The number of ether oxygens (including phenoxy) is 1. The van der Waals surface area contributed by atoms with Crippen LogP contribution in [-0.4, -0.2) is 13.7 Å². The highest BCUT2D eigenvalue weighted by Crippen LogP contribution is 2.18. The minimum atomic E-state index is 0.272. The average molecular weight is 245 g/mol. The third-order valence-corrected chi connectivity index (χ3v) is 2.96.